The molecule has 6 heteroatoms. The Labute approximate surface area is 149 Å². The number of carbonyl (C=O) groups is 2. The van der Waals surface area contributed by atoms with Gasteiger partial charge in [0.1, 0.15) is 5.82 Å². The number of fused-ring (bicyclic) bond motifs is 1. The van der Waals surface area contributed by atoms with E-state index < -0.39 is 17.9 Å². The molecule has 0 aromatic heterocycles. The van der Waals surface area contributed by atoms with Crippen molar-refractivity contribution in [3.63, 3.8) is 0 Å². The van der Waals surface area contributed by atoms with E-state index in [1.165, 1.54) is 21.9 Å². The molecule has 2 aliphatic heterocycles. The Morgan fingerprint density at radius 2 is 1.58 bits per heavy atom. The van der Waals surface area contributed by atoms with E-state index in [2.05, 4.69) is 0 Å². The van der Waals surface area contributed by atoms with Gasteiger partial charge in [-0.3, -0.25) is 19.3 Å². The second kappa shape index (κ2) is 6.22. The van der Waals surface area contributed by atoms with E-state index in [4.69, 9.17) is 0 Å². The maximum atomic E-state index is 13.3. The minimum Gasteiger partial charge on any atom is -0.328 e. The van der Waals surface area contributed by atoms with E-state index in [-0.39, 0.29) is 12.4 Å². The first-order valence-electron chi connectivity index (χ1n) is 8.16. The zero-order valence-corrected chi connectivity index (χ0v) is 13.7. The van der Waals surface area contributed by atoms with Crippen LogP contribution in [0, 0.1) is 5.82 Å². The van der Waals surface area contributed by atoms with Gasteiger partial charge in [-0.25, -0.2) is 4.39 Å². The summed E-state index contributed by atoms with van der Waals surface area (Å²) in [6, 6.07) is 11.9. The van der Waals surface area contributed by atoms with Crippen LogP contribution in [0.15, 0.2) is 54.6 Å². The first kappa shape index (κ1) is 16.2. The van der Waals surface area contributed by atoms with Crippen LogP contribution < -0.4 is 0 Å². The Hall–Kier alpha value is -3.28. The van der Waals surface area contributed by atoms with E-state index >= 15 is 0 Å². The van der Waals surface area contributed by atoms with Crippen molar-refractivity contribution in [2.24, 2.45) is 0 Å². The topological polar surface area (TPSA) is 57.7 Å². The lowest BCUT2D eigenvalue weighted by atomic mass is 9.93. The average molecular weight is 349 g/mol. The molecule has 0 saturated carbocycles. The molecule has 0 unspecified atom stereocenters. The lowest BCUT2D eigenvalue weighted by Gasteiger charge is -2.35. The molecule has 0 fully saturated rings. The summed E-state index contributed by atoms with van der Waals surface area (Å²) in [4.78, 5) is 39.3. The van der Waals surface area contributed by atoms with Crippen LogP contribution in [0.4, 0.5) is 4.39 Å². The molecular weight excluding hydrogens is 335 g/mol. The molecular formula is C20H14FN2O3. The van der Waals surface area contributed by atoms with Crippen molar-refractivity contribution in [2.45, 2.75) is 6.04 Å². The number of halogens is 1. The number of hydrogen-bond donors (Lipinski definition) is 0. The smallest absolute Gasteiger partial charge is 0.312 e. The van der Waals surface area contributed by atoms with Crippen LogP contribution in [0.25, 0.3) is 5.57 Å². The molecule has 5 nitrogen and oxygen atoms in total. The molecule has 26 heavy (non-hydrogen) atoms. The van der Waals surface area contributed by atoms with Crippen molar-refractivity contribution in [2.75, 3.05) is 13.1 Å². The highest BCUT2D eigenvalue weighted by atomic mass is 19.1. The Bertz CT molecular complexity index is 901. The van der Waals surface area contributed by atoms with E-state index in [9.17, 15) is 18.8 Å². The summed E-state index contributed by atoms with van der Waals surface area (Å²) < 4.78 is 13.3. The molecule has 2 aliphatic rings. The Morgan fingerprint density at radius 3 is 2.15 bits per heavy atom. The molecule has 4 rings (SSSR count). The predicted molar refractivity (Wildman–Crippen MR) is 92.4 cm³/mol. The molecule has 0 bridgehead atoms. The monoisotopic (exact) mass is 349 g/mol. The van der Waals surface area contributed by atoms with Crippen molar-refractivity contribution in [3.05, 3.63) is 77.1 Å². The summed E-state index contributed by atoms with van der Waals surface area (Å²) in [6.07, 6.45) is 3.59. The quantitative estimate of drug-likeness (QED) is 0.799. The second-order valence-corrected chi connectivity index (χ2v) is 6.20. The standard InChI is InChI=1S/C20H14FN2O3/c21-14-7-5-13(6-8-14)15-9-10-22(12-24)11-18(15)23-19(25)16-3-1-2-4-17(16)20(23)26/h1-9,18H,10-11H2/t18-/m0/s1. The Morgan fingerprint density at radius 1 is 0.962 bits per heavy atom. The number of imide groups is 1. The van der Waals surface area contributed by atoms with Crippen LogP contribution in [0.5, 0.6) is 0 Å². The third kappa shape index (κ3) is 2.50. The highest BCUT2D eigenvalue weighted by molar-refractivity contribution is 6.22. The lowest BCUT2D eigenvalue weighted by Crippen LogP contribution is -2.49. The van der Waals surface area contributed by atoms with Crippen LogP contribution in [-0.4, -0.2) is 47.2 Å². The van der Waals surface area contributed by atoms with Crippen LogP contribution in [0.2, 0.25) is 0 Å². The number of amides is 3. The molecule has 1 radical (unpaired) electrons. The molecule has 0 N–H and O–H groups in total. The van der Waals surface area contributed by atoms with Gasteiger partial charge in [-0.2, -0.15) is 0 Å². The molecule has 129 valence electrons. The summed E-state index contributed by atoms with van der Waals surface area (Å²) in [6.45, 7) is 0.466. The van der Waals surface area contributed by atoms with Gasteiger partial charge >= 0.3 is 6.41 Å². The van der Waals surface area contributed by atoms with Gasteiger partial charge < -0.3 is 4.90 Å². The van der Waals surface area contributed by atoms with Crippen molar-refractivity contribution < 1.29 is 18.8 Å². The van der Waals surface area contributed by atoms with Gasteiger partial charge in [-0.1, -0.05) is 30.3 Å². The zero-order valence-electron chi connectivity index (χ0n) is 13.7. The zero-order chi connectivity index (χ0) is 18.3. The van der Waals surface area contributed by atoms with Gasteiger partial charge in [0, 0.05) is 13.1 Å². The maximum Gasteiger partial charge on any atom is 0.312 e. The molecule has 2 aromatic carbocycles. The van der Waals surface area contributed by atoms with E-state index in [0.717, 1.165) is 0 Å². The number of rotatable bonds is 3. The number of nitrogens with zero attached hydrogens (tertiary/aromatic N) is 2. The van der Waals surface area contributed by atoms with Crippen molar-refractivity contribution in [1.82, 2.24) is 9.80 Å². The van der Waals surface area contributed by atoms with Crippen LogP contribution >= 0.6 is 0 Å². The highest BCUT2D eigenvalue weighted by Crippen LogP contribution is 2.32. The molecule has 3 amide bonds. The molecule has 2 heterocycles. The normalized spacial score (nSPS) is 19.4. The largest absolute Gasteiger partial charge is 0.328 e. The number of carbonyl (C=O) groups excluding carboxylic acids is 3. The van der Waals surface area contributed by atoms with Gasteiger partial charge in [0.2, 0.25) is 0 Å². The van der Waals surface area contributed by atoms with E-state index in [1.807, 2.05) is 6.41 Å². The molecule has 1 atom stereocenters. The van der Waals surface area contributed by atoms with Gasteiger partial charge in [0.25, 0.3) is 11.8 Å². The number of hydrogen-bond acceptors (Lipinski definition) is 3. The summed E-state index contributed by atoms with van der Waals surface area (Å²) >= 11 is 0. The molecule has 0 spiro atoms. The Kier molecular flexibility index (Phi) is 3.88. The average Bonchev–Trinajstić information content (AvgIpc) is 2.93. The Balaban J connectivity index is 1.77. The third-order valence-corrected chi connectivity index (χ3v) is 4.73. The fourth-order valence-electron chi connectivity index (χ4n) is 3.47. The fraction of sp³-hybridized carbons (Fsp3) is 0.150. The first-order valence-corrected chi connectivity index (χ1v) is 8.16. The SMILES string of the molecule is O=[C]N1CC=C(c2ccc(F)cc2)[C@@H](N2C(=O)c3ccccc3C2=O)C1. The van der Waals surface area contributed by atoms with Crippen molar-refractivity contribution in [3.8, 4) is 0 Å². The highest BCUT2D eigenvalue weighted by Gasteiger charge is 2.42. The summed E-state index contributed by atoms with van der Waals surface area (Å²) in [5.41, 5.74) is 2.12. The van der Waals surface area contributed by atoms with Crippen molar-refractivity contribution >= 4 is 23.8 Å². The predicted octanol–water partition coefficient (Wildman–Crippen LogP) is 2.26. The van der Waals surface area contributed by atoms with Gasteiger partial charge in [-0.05, 0) is 35.4 Å². The lowest BCUT2D eigenvalue weighted by molar-refractivity contribution is 0.0603. The minimum atomic E-state index is -0.650. The van der Waals surface area contributed by atoms with Crippen LogP contribution in [0.1, 0.15) is 26.3 Å². The first-order chi connectivity index (χ1) is 12.6. The number of benzene rings is 2. The molecule has 2 aromatic rings. The van der Waals surface area contributed by atoms with E-state index in [1.54, 1.807) is 42.5 Å². The fourth-order valence-corrected chi connectivity index (χ4v) is 3.47. The molecule has 0 aliphatic carbocycles. The summed E-state index contributed by atoms with van der Waals surface area (Å²) in [5, 5.41) is 0. The molecule has 0 saturated heterocycles. The summed E-state index contributed by atoms with van der Waals surface area (Å²) in [5.74, 6) is -1.15. The van der Waals surface area contributed by atoms with Gasteiger partial charge in [0.05, 0.1) is 17.2 Å². The van der Waals surface area contributed by atoms with Crippen LogP contribution in [-0.2, 0) is 4.79 Å². The summed E-state index contributed by atoms with van der Waals surface area (Å²) in [7, 11) is 0. The van der Waals surface area contributed by atoms with Crippen LogP contribution in [0.3, 0.4) is 0 Å². The van der Waals surface area contributed by atoms with Gasteiger partial charge in [-0.15, -0.1) is 0 Å². The van der Waals surface area contributed by atoms with Crippen molar-refractivity contribution in [1.29, 1.82) is 0 Å². The van der Waals surface area contributed by atoms with Gasteiger partial charge in [0.15, 0.2) is 0 Å². The maximum absolute atomic E-state index is 13.3. The third-order valence-electron chi connectivity index (χ3n) is 4.73. The minimum absolute atomic E-state index is 0.151. The van der Waals surface area contributed by atoms with E-state index in [0.29, 0.717) is 28.8 Å². The second-order valence-electron chi connectivity index (χ2n) is 6.20.